The largest absolute Gasteiger partial charge is 0.465 e. The summed E-state index contributed by atoms with van der Waals surface area (Å²) >= 11 is 12.1. The fourth-order valence-corrected chi connectivity index (χ4v) is 2.98. The average Bonchev–Trinajstić information content (AvgIpc) is 2.77. The number of nitrogens with zero attached hydrogens (tertiary/aromatic N) is 1. The fraction of sp³-hybridized carbons (Fsp3) is 0.462. The Morgan fingerprint density at radius 3 is 2.70 bits per heavy atom. The van der Waals surface area contributed by atoms with Crippen molar-refractivity contribution >= 4 is 34.9 Å². The zero-order valence-corrected chi connectivity index (χ0v) is 12.4. The van der Waals surface area contributed by atoms with E-state index in [1.165, 1.54) is 19.2 Å². The first-order valence-corrected chi connectivity index (χ1v) is 6.84. The minimum atomic E-state index is -0.669. The molecule has 1 aliphatic heterocycles. The van der Waals surface area contributed by atoms with Crippen molar-refractivity contribution in [3.8, 4) is 0 Å². The first kappa shape index (κ1) is 15.4. The van der Waals surface area contributed by atoms with E-state index in [0.29, 0.717) is 22.3 Å². The molecule has 0 saturated carbocycles. The standard InChI is InChI=1S/C13H15Cl2NO4/c1-20-13(19)9-2-8(14)3-10(15)12(9)16-4-7(6-17)11(18)5-16/h2-3,7,11,17-18H,4-6H2,1H3. The van der Waals surface area contributed by atoms with Crippen LogP contribution in [0.3, 0.4) is 0 Å². The van der Waals surface area contributed by atoms with Crippen molar-refractivity contribution in [1.29, 1.82) is 0 Å². The maximum atomic E-state index is 11.8. The summed E-state index contributed by atoms with van der Waals surface area (Å²) in [4.78, 5) is 13.6. The van der Waals surface area contributed by atoms with Crippen molar-refractivity contribution in [3.05, 3.63) is 27.7 Å². The Balaban J connectivity index is 2.43. The van der Waals surface area contributed by atoms with Gasteiger partial charge in [-0.1, -0.05) is 23.2 Å². The lowest BCUT2D eigenvalue weighted by Gasteiger charge is -2.22. The van der Waals surface area contributed by atoms with Gasteiger partial charge in [-0.25, -0.2) is 4.79 Å². The summed E-state index contributed by atoms with van der Waals surface area (Å²) in [5.74, 6) is -0.821. The minimum absolute atomic E-state index is 0.129. The van der Waals surface area contributed by atoms with Crippen LogP contribution in [0.5, 0.6) is 0 Å². The summed E-state index contributed by atoms with van der Waals surface area (Å²) in [7, 11) is 1.27. The van der Waals surface area contributed by atoms with Gasteiger partial charge in [-0.05, 0) is 12.1 Å². The highest BCUT2D eigenvalue weighted by Crippen LogP contribution is 2.36. The predicted octanol–water partition coefficient (Wildman–Crippen LogP) is 1.57. The molecule has 1 fully saturated rings. The topological polar surface area (TPSA) is 70.0 Å². The summed E-state index contributed by atoms with van der Waals surface area (Å²) in [6.07, 6.45) is -0.669. The van der Waals surface area contributed by atoms with Gasteiger partial charge in [0.25, 0.3) is 0 Å². The van der Waals surface area contributed by atoms with Crippen LogP contribution in [0, 0.1) is 5.92 Å². The number of methoxy groups -OCH3 is 1. The SMILES string of the molecule is COC(=O)c1cc(Cl)cc(Cl)c1N1CC(O)C(CO)C1. The molecule has 0 aliphatic carbocycles. The molecule has 1 aromatic carbocycles. The molecule has 2 unspecified atom stereocenters. The molecule has 0 radical (unpaired) electrons. The zero-order valence-electron chi connectivity index (χ0n) is 10.8. The number of hydrogen-bond acceptors (Lipinski definition) is 5. The molecular formula is C13H15Cl2NO4. The fourth-order valence-electron chi connectivity index (χ4n) is 2.37. The second-order valence-corrected chi connectivity index (χ2v) is 5.53. The highest BCUT2D eigenvalue weighted by Gasteiger charge is 2.34. The third-order valence-electron chi connectivity index (χ3n) is 3.39. The number of carbonyl (C=O) groups excluding carboxylic acids is 1. The molecule has 0 amide bonds. The number of aliphatic hydroxyl groups excluding tert-OH is 2. The first-order valence-electron chi connectivity index (χ1n) is 6.09. The van der Waals surface area contributed by atoms with Crippen molar-refractivity contribution in [1.82, 2.24) is 0 Å². The lowest BCUT2D eigenvalue weighted by molar-refractivity contribution is 0.0601. The van der Waals surface area contributed by atoms with Crippen LogP contribution in [-0.4, -0.2) is 49.1 Å². The highest BCUT2D eigenvalue weighted by atomic mass is 35.5. The van der Waals surface area contributed by atoms with Crippen molar-refractivity contribution in [3.63, 3.8) is 0 Å². The van der Waals surface area contributed by atoms with Gasteiger partial charge in [0, 0.05) is 24.0 Å². The van der Waals surface area contributed by atoms with Gasteiger partial charge in [0.05, 0.1) is 36.1 Å². The van der Waals surface area contributed by atoms with Gasteiger partial charge < -0.3 is 19.8 Å². The van der Waals surface area contributed by atoms with Crippen LogP contribution >= 0.6 is 23.2 Å². The van der Waals surface area contributed by atoms with E-state index in [1.807, 2.05) is 0 Å². The number of halogens is 2. The predicted molar refractivity (Wildman–Crippen MR) is 76.6 cm³/mol. The van der Waals surface area contributed by atoms with E-state index >= 15 is 0 Å². The van der Waals surface area contributed by atoms with Gasteiger partial charge in [0.2, 0.25) is 0 Å². The van der Waals surface area contributed by atoms with Crippen LogP contribution in [0.1, 0.15) is 10.4 Å². The van der Waals surface area contributed by atoms with Gasteiger partial charge in [0.1, 0.15) is 0 Å². The van der Waals surface area contributed by atoms with Crippen LogP contribution in [0.25, 0.3) is 0 Å². The number of carbonyl (C=O) groups is 1. The summed E-state index contributed by atoms with van der Waals surface area (Å²) < 4.78 is 4.73. The van der Waals surface area contributed by atoms with Gasteiger partial charge in [0.15, 0.2) is 0 Å². The van der Waals surface area contributed by atoms with E-state index in [2.05, 4.69) is 0 Å². The number of rotatable bonds is 3. The van der Waals surface area contributed by atoms with Crippen LogP contribution in [0.2, 0.25) is 10.0 Å². The first-order chi connectivity index (χ1) is 9.47. The van der Waals surface area contributed by atoms with Crippen LogP contribution in [-0.2, 0) is 4.74 Å². The van der Waals surface area contributed by atoms with E-state index in [0.717, 1.165) is 0 Å². The molecule has 2 atom stereocenters. The van der Waals surface area contributed by atoms with E-state index in [9.17, 15) is 15.0 Å². The molecule has 1 saturated heterocycles. The lowest BCUT2D eigenvalue weighted by atomic mass is 10.1. The monoisotopic (exact) mass is 319 g/mol. The third-order valence-corrected chi connectivity index (χ3v) is 3.90. The Morgan fingerprint density at radius 1 is 1.45 bits per heavy atom. The molecule has 1 aliphatic rings. The number of ether oxygens (including phenoxy) is 1. The van der Waals surface area contributed by atoms with Crippen molar-refractivity contribution < 1.29 is 19.7 Å². The van der Waals surface area contributed by atoms with E-state index in [1.54, 1.807) is 4.90 Å². The summed E-state index contributed by atoms with van der Waals surface area (Å²) in [5.41, 5.74) is 0.716. The molecule has 2 N–H and O–H groups in total. The van der Waals surface area contributed by atoms with E-state index < -0.39 is 12.1 Å². The molecule has 20 heavy (non-hydrogen) atoms. The van der Waals surface area contributed by atoms with Crippen molar-refractivity contribution in [2.75, 3.05) is 31.7 Å². The van der Waals surface area contributed by atoms with Crippen molar-refractivity contribution in [2.24, 2.45) is 5.92 Å². The van der Waals surface area contributed by atoms with Crippen LogP contribution in [0.15, 0.2) is 12.1 Å². The second-order valence-electron chi connectivity index (χ2n) is 4.69. The minimum Gasteiger partial charge on any atom is -0.465 e. The normalized spacial score (nSPS) is 22.1. The molecule has 2 rings (SSSR count). The molecule has 5 nitrogen and oxygen atoms in total. The van der Waals surface area contributed by atoms with Crippen molar-refractivity contribution in [2.45, 2.75) is 6.10 Å². The Bertz CT molecular complexity index is 523. The number of esters is 1. The van der Waals surface area contributed by atoms with Gasteiger partial charge in [-0.2, -0.15) is 0 Å². The highest BCUT2D eigenvalue weighted by molar-refractivity contribution is 6.37. The van der Waals surface area contributed by atoms with Crippen LogP contribution < -0.4 is 4.90 Å². The number of hydrogen-bond donors (Lipinski definition) is 2. The Hall–Kier alpha value is -1.01. The molecule has 1 aromatic rings. The maximum absolute atomic E-state index is 11.8. The summed E-state index contributed by atoms with van der Waals surface area (Å²) in [6, 6.07) is 3.01. The average molecular weight is 320 g/mol. The van der Waals surface area contributed by atoms with E-state index in [4.69, 9.17) is 27.9 Å². The summed E-state index contributed by atoms with van der Waals surface area (Å²) in [6.45, 7) is 0.565. The number of β-amino-alcohol motifs (C(OH)–C–C–N with tert-alkyl or cyclic N) is 1. The third kappa shape index (κ3) is 2.86. The van der Waals surface area contributed by atoms with Gasteiger partial charge >= 0.3 is 5.97 Å². The van der Waals surface area contributed by atoms with Gasteiger partial charge in [-0.15, -0.1) is 0 Å². The molecule has 110 valence electrons. The summed E-state index contributed by atoms with van der Waals surface area (Å²) in [5, 5.41) is 19.7. The molecular weight excluding hydrogens is 305 g/mol. The van der Waals surface area contributed by atoms with Crippen LogP contribution in [0.4, 0.5) is 5.69 Å². The van der Waals surface area contributed by atoms with E-state index in [-0.39, 0.29) is 24.6 Å². The molecule has 7 heteroatoms. The number of aliphatic hydroxyl groups is 2. The second kappa shape index (κ2) is 6.18. The smallest absolute Gasteiger partial charge is 0.340 e. The number of benzene rings is 1. The quantitative estimate of drug-likeness (QED) is 0.828. The molecule has 1 heterocycles. The lowest BCUT2D eigenvalue weighted by Crippen LogP contribution is -2.24. The van der Waals surface area contributed by atoms with Gasteiger partial charge in [-0.3, -0.25) is 0 Å². The zero-order chi connectivity index (χ0) is 14.9. The molecule has 0 aromatic heterocycles. The number of anilines is 1. The Morgan fingerprint density at radius 2 is 2.15 bits per heavy atom. The maximum Gasteiger partial charge on any atom is 0.340 e. The molecule has 0 spiro atoms. The Kier molecular flexibility index (Phi) is 4.75. The Labute approximate surface area is 126 Å². The molecule has 0 bridgehead atoms.